The van der Waals surface area contributed by atoms with Crippen LogP contribution in [0.2, 0.25) is 0 Å². The first-order valence-corrected chi connectivity index (χ1v) is 7.63. The van der Waals surface area contributed by atoms with Gasteiger partial charge in [-0.1, -0.05) is 36.4 Å². The molecular formula is C15H16N4OS. The first-order valence-electron chi connectivity index (χ1n) is 6.64. The molecule has 1 aromatic carbocycles. The average molecular weight is 300 g/mol. The smallest absolute Gasteiger partial charge is 0.251 e. The number of thioether (sulfide) groups is 1. The van der Waals surface area contributed by atoms with E-state index in [4.69, 9.17) is 5.84 Å². The number of nitrogens with zero attached hydrogens (tertiary/aromatic N) is 1. The van der Waals surface area contributed by atoms with Gasteiger partial charge in [0.25, 0.3) is 5.91 Å². The summed E-state index contributed by atoms with van der Waals surface area (Å²) >= 11 is 1.68. The SMILES string of the molecule is NNC(=O)C1CSC(c2ccccc2)(c2cccnc2)N1. The lowest BCUT2D eigenvalue weighted by atomic mass is 9.98. The molecule has 2 unspecified atom stereocenters. The normalized spacial score (nSPS) is 24.7. The monoisotopic (exact) mass is 300 g/mol. The molecule has 1 aromatic heterocycles. The Labute approximate surface area is 127 Å². The van der Waals surface area contributed by atoms with E-state index in [1.807, 2.05) is 36.5 Å². The van der Waals surface area contributed by atoms with Crippen LogP contribution in [-0.4, -0.2) is 22.7 Å². The first-order chi connectivity index (χ1) is 10.3. The van der Waals surface area contributed by atoms with Gasteiger partial charge in [0.1, 0.15) is 4.87 Å². The molecule has 1 aliphatic rings. The van der Waals surface area contributed by atoms with E-state index in [1.165, 1.54) is 0 Å². The fourth-order valence-electron chi connectivity index (χ4n) is 2.52. The largest absolute Gasteiger partial charge is 0.293 e. The molecule has 0 radical (unpaired) electrons. The highest BCUT2D eigenvalue weighted by atomic mass is 32.2. The summed E-state index contributed by atoms with van der Waals surface area (Å²) in [6.07, 6.45) is 3.57. The van der Waals surface area contributed by atoms with Gasteiger partial charge in [-0.15, -0.1) is 11.8 Å². The maximum Gasteiger partial charge on any atom is 0.251 e. The van der Waals surface area contributed by atoms with E-state index in [9.17, 15) is 4.79 Å². The Hall–Kier alpha value is -1.89. The average Bonchev–Trinajstić information content (AvgIpc) is 3.02. The molecule has 0 aliphatic carbocycles. The zero-order valence-corrected chi connectivity index (χ0v) is 12.1. The molecule has 6 heteroatoms. The molecule has 1 amide bonds. The third-order valence-electron chi connectivity index (χ3n) is 3.55. The molecule has 2 heterocycles. The minimum absolute atomic E-state index is 0.204. The number of carbonyl (C=O) groups is 1. The minimum atomic E-state index is -0.479. The Kier molecular flexibility index (Phi) is 3.92. The highest BCUT2D eigenvalue weighted by Crippen LogP contribution is 2.44. The van der Waals surface area contributed by atoms with Crippen molar-refractivity contribution in [1.82, 2.24) is 15.7 Å². The van der Waals surface area contributed by atoms with Crippen molar-refractivity contribution in [2.24, 2.45) is 5.84 Å². The maximum absolute atomic E-state index is 11.8. The van der Waals surface area contributed by atoms with E-state index in [0.717, 1.165) is 11.1 Å². The van der Waals surface area contributed by atoms with Crippen LogP contribution >= 0.6 is 11.8 Å². The summed E-state index contributed by atoms with van der Waals surface area (Å²) in [4.78, 5) is 15.6. The van der Waals surface area contributed by atoms with Crippen molar-refractivity contribution in [3.63, 3.8) is 0 Å². The van der Waals surface area contributed by atoms with Crippen molar-refractivity contribution in [3.8, 4) is 0 Å². The molecule has 0 saturated carbocycles. The second-order valence-corrected chi connectivity index (χ2v) is 6.04. The molecule has 4 N–H and O–H groups in total. The van der Waals surface area contributed by atoms with Crippen molar-refractivity contribution >= 4 is 17.7 Å². The second kappa shape index (κ2) is 5.85. The summed E-state index contributed by atoms with van der Waals surface area (Å²) in [7, 11) is 0. The molecule has 2 aromatic rings. The third-order valence-corrected chi connectivity index (χ3v) is 5.07. The Morgan fingerprint density at radius 2 is 2.05 bits per heavy atom. The molecule has 1 aliphatic heterocycles. The number of aromatic nitrogens is 1. The lowest BCUT2D eigenvalue weighted by Crippen LogP contribution is -2.50. The van der Waals surface area contributed by atoms with Crippen molar-refractivity contribution in [1.29, 1.82) is 0 Å². The summed E-state index contributed by atoms with van der Waals surface area (Å²) < 4.78 is 0. The van der Waals surface area contributed by atoms with Crippen LogP contribution in [0, 0.1) is 0 Å². The lowest BCUT2D eigenvalue weighted by molar-refractivity contribution is -0.122. The van der Waals surface area contributed by atoms with Crippen LogP contribution in [0.25, 0.3) is 0 Å². The second-order valence-electron chi connectivity index (χ2n) is 4.81. The lowest BCUT2D eigenvalue weighted by Gasteiger charge is -2.30. The predicted octanol–water partition coefficient (Wildman–Crippen LogP) is 0.978. The number of hydrogen-bond acceptors (Lipinski definition) is 5. The quantitative estimate of drug-likeness (QED) is 0.447. The Balaban J connectivity index is 2.04. The molecule has 1 saturated heterocycles. The number of hydrazine groups is 1. The van der Waals surface area contributed by atoms with Crippen molar-refractivity contribution in [2.75, 3.05) is 5.75 Å². The number of pyridine rings is 1. The van der Waals surface area contributed by atoms with Crippen LogP contribution in [0.1, 0.15) is 11.1 Å². The van der Waals surface area contributed by atoms with Gasteiger partial charge in [-0.3, -0.25) is 20.5 Å². The summed E-state index contributed by atoms with van der Waals surface area (Å²) in [6.45, 7) is 0. The van der Waals surface area contributed by atoms with Crippen molar-refractivity contribution in [2.45, 2.75) is 10.9 Å². The minimum Gasteiger partial charge on any atom is -0.293 e. The predicted molar refractivity (Wildman–Crippen MR) is 83.2 cm³/mol. The van der Waals surface area contributed by atoms with E-state index in [-0.39, 0.29) is 11.9 Å². The van der Waals surface area contributed by atoms with E-state index in [0.29, 0.717) is 5.75 Å². The highest BCUT2D eigenvalue weighted by Gasteiger charge is 2.44. The summed E-state index contributed by atoms with van der Waals surface area (Å²) in [5.74, 6) is 5.70. The van der Waals surface area contributed by atoms with Crippen LogP contribution in [0.4, 0.5) is 0 Å². The first kappa shape index (κ1) is 14.1. The summed E-state index contributed by atoms with van der Waals surface area (Å²) in [5, 5.41) is 3.42. The molecule has 108 valence electrons. The van der Waals surface area contributed by atoms with Crippen LogP contribution in [0.3, 0.4) is 0 Å². The number of nitrogens with one attached hydrogen (secondary N) is 2. The van der Waals surface area contributed by atoms with Crippen molar-refractivity contribution < 1.29 is 4.79 Å². The van der Waals surface area contributed by atoms with E-state index in [2.05, 4.69) is 27.9 Å². The number of nitrogens with two attached hydrogens (primary N) is 1. The highest BCUT2D eigenvalue weighted by molar-refractivity contribution is 8.00. The molecule has 21 heavy (non-hydrogen) atoms. The van der Waals surface area contributed by atoms with Gasteiger partial charge >= 0.3 is 0 Å². The summed E-state index contributed by atoms with van der Waals surface area (Å²) in [5.41, 5.74) is 4.33. The number of hydrogen-bond donors (Lipinski definition) is 3. The Morgan fingerprint density at radius 1 is 1.29 bits per heavy atom. The molecule has 5 nitrogen and oxygen atoms in total. The molecule has 2 atom stereocenters. The van der Waals surface area contributed by atoms with Gasteiger partial charge in [0, 0.05) is 23.7 Å². The topological polar surface area (TPSA) is 80.0 Å². The van der Waals surface area contributed by atoms with E-state index < -0.39 is 4.87 Å². The van der Waals surface area contributed by atoms with Crippen LogP contribution in [0.15, 0.2) is 54.9 Å². The molecular weight excluding hydrogens is 284 g/mol. The fraction of sp³-hybridized carbons (Fsp3) is 0.200. The fourth-order valence-corrected chi connectivity index (χ4v) is 3.99. The zero-order chi connectivity index (χ0) is 14.7. The number of amides is 1. The maximum atomic E-state index is 11.8. The van der Waals surface area contributed by atoms with Crippen LogP contribution in [-0.2, 0) is 9.67 Å². The van der Waals surface area contributed by atoms with Gasteiger partial charge in [-0.25, -0.2) is 5.84 Å². The standard InChI is InChI=1S/C15H16N4OS/c16-19-14(20)13-10-21-15(18-13,11-5-2-1-3-6-11)12-7-4-8-17-9-12/h1-9,13,18H,10,16H2,(H,19,20). The molecule has 0 spiro atoms. The van der Waals surface area contributed by atoms with Gasteiger partial charge in [-0.05, 0) is 11.6 Å². The molecule has 0 bridgehead atoms. The molecule has 1 fully saturated rings. The summed E-state index contributed by atoms with van der Waals surface area (Å²) in [6, 6.07) is 13.6. The van der Waals surface area contributed by atoms with Crippen LogP contribution < -0.4 is 16.6 Å². The number of benzene rings is 1. The molecule has 3 rings (SSSR count). The zero-order valence-electron chi connectivity index (χ0n) is 11.3. The Bertz CT molecular complexity index is 581. The van der Waals surface area contributed by atoms with Gasteiger partial charge in [0.05, 0.1) is 6.04 Å². The third kappa shape index (κ3) is 2.53. The van der Waals surface area contributed by atoms with Gasteiger partial charge in [-0.2, -0.15) is 0 Å². The van der Waals surface area contributed by atoms with Crippen LogP contribution in [0.5, 0.6) is 0 Å². The number of carbonyl (C=O) groups excluding carboxylic acids is 1. The van der Waals surface area contributed by atoms with Gasteiger partial charge < -0.3 is 0 Å². The van der Waals surface area contributed by atoms with Crippen molar-refractivity contribution in [3.05, 3.63) is 66.0 Å². The number of rotatable bonds is 3. The van der Waals surface area contributed by atoms with Gasteiger partial charge in [0.2, 0.25) is 0 Å². The van der Waals surface area contributed by atoms with Gasteiger partial charge in [0.15, 0.2) is 0 Å². The van der Waals surface area contributed by atoms with E-state index in [1.54, 1.807) is 18.0 Å². The Morgan fingerprint density at radius 3 is 2.71 bits per heavy atom. The van der Waals surface area contributed by atoms with E-state index >= 15 is 0 Å².